The van der Waals surface area contributed by atoms with Crippen LogP contribution >= 0.6 is 0 Å². The minimum atomic E-state index is -1.10. The molecule has 0 aliphatic rings. The maximum Gasteiger partial charge on any atom is 0.330 e. The van der Waals surface area contributed by atoms with Gasteiger partial charge in [-0.3, -0.25) is 0 Å². The molecular weight excluding hydrogens is 252 g/mol. The van der Waals surface area contributed by atoms with Crippen LogP contribution in [0.2, 0.25) is 0 Å². The van der Waals surface area contributed by atoms with Gasteiger partial charge in [-0.1, -0.05) is 32.8 Å². The second-order valence-electron chi connectivity index (χ2n) is 3.82. The lowest BCUT2D eigenvalue weighted by Gasteiger charge is -1.94. The van der Waals surface area contributed by atoms with Crippen molar-refractivity contribution >= 4 is 5.97 Å². The summed E-state index contributed by atoms with van der Waals surface area (Å²) in [5.74, 6) is -0.845. The first-order chi connectivity index (χ1) is 8.72. The Morgan fingerprint density at radius 2 is 1.32 bits per heavy atom. The van der Waals surface area contributed by atoms with Crippen molar-refractivity contribution in [3.05, 3.63) is 11.6 Å². The molecule has 6 nitrogen and oxygen atoms in total. The summed E-state index contributed by atoms with van der Waals surface area (Å²) in [6, 6.07) is 0. The van der Waals surface area contributed by atoms with Gasteiger partial charge in [0.05, 0.1) is 0 Å². The first kappa shape index (κ1) is 23.2. The predicted octanol–water partition coefficient (Wildman–Crippen LogP) is 1.23. The lowest BCUT2D eigenvalue weighted by Crippen LogP contribution is -2.01. The van der Waals surface area contributed by atoms with Gasteiger partial charge < -0.3 is 25.5 Å². The normalized spacial score (nSPS) is 10.5. The van der Waals surface area contributed by atoms with E-state index < -0.39 is 18.5 Å². The number of carbonyl (C=O) groups is 1. The minimum absolute atomic E-state index is 0.389. The van der Waals surface area contributed by atoms with Crippen LogP contribution in [0.25, 0.3) is 0 Å². The van der Waals surface area contributed by atoms with Crippen molar-refractivity contribution in [3.63, 3.8) is 0 Å². The molecule has 0 aliphatic heterocycles. The zero-order valence-corrected chi connectivity index (χ0v) is 12.2. The van der Waals surface area contributed by atoms with Crippen molar-refractivity contribution in [2.24, 2.45) is 0 Å². The van der Waals surface area contributed by atoms with E-state index in [1.807, 2.05) is 13.8 Å². The first-order valence-electron chi connectivity index (χ1n) is 6.31. The van der Waals surface area contributed by atoms with E-state index in [9.17, 15) is 4.79 Å². The maximum absolute atomic E-state index is 9.86. The molecular formula is C13H28O6. The van der Waals surface area contributed by atoms with Crippen LogP contribution < -0.4 is 0 Å². The van der Waals surface area contributed by atoms with Crippen LogP contribution in [0.4, 0.5) is 0 Å². The summed E-state index contributed by atoms with van der Waals surface area (Å²) in [6.07, 6.45) is 1.99. The van der Waals surface area contributed by atoms with Crippen molar-refractivity contribution < 1.29 is 30.3 Å². The highest BCUT2D eigenvalue weighted by Crippen LogP contribution is 1.89. The summed E-state index contributed by atoms with van der Waals surface area (Å²) in [5.41, 5.74) is 0.389. The van der Waals surface area contributed by atoms with Crippen LogP contribution in [0.15, 0.2) is 11.6 Å². The Bertz CT molecular complexity index is 213. The zero-order valence-electron chi connectivity index (χ0n) is 12.2. The number of allylic oxidation sites excluding steroid dienone is 1. The van der Waals surface area contributed by atoms with E-state index in [-0.39, 0.29) is 0 Å². The Hall–Kier alpha value is -0.950. The van der Waals surface area contributed by atoms with Crippen molar-refractivity contribution in [1.29, 1.82) is 0 Å². The Morgan fingerprint density at radius 3 is 1.32 bits per heavy atom. The number of aliphatic hydroxyl groups is 4. The van der Waals surface area contributed by atoms with Gasteiger partial charge in [-0.05, 0) is 26.7 Å². The molecule has 19 heavy (non-hydrogen) atoms. The van der Waals surface area contributed by atoms with Gasteiger partial charge >= 0.3 is 5.97 Å². The molecule has 0 radical (unpaired) electrons. The van der Waals surface area contributed by atoms with E-state index in [1.165, 1.54) is 0 Å². The van der Waals surface area contributed by atoms with E-state index in [0.717, 1.165) is 12.8 Å². The summed E-state index contributed by atoms with van der Waals surface area (Å²) in [6.45, 7) is 7.06. The average molecular weight is 280 g/mol. The predicted molar refractivity (Wildman–Crippen MR) is 73.3 cm³/mol. The van der Waals surface area contributed by atoms with E-state index in [1.54, 1.807) is 19.9 Å². The van der Waals surface area contributed by atoms with Crippen molar-refractivity contribution in [1.82, 2.24) is 0 Å². The fourth-order valence-electron chi connectivity index (χ4n) is 0.640. The topological polar surface area (TPSA) is 118 Å². The highest BCUT2D eigenvalue weighted by molar-refractivity contribution is 5.85. The van der Waals surface area contributed by atoms with Gasteiger partial charge in [0.1, 0.15) is 0 Å². The summed E-state index contributed by atoms with van der Waals surface area (Å²) in [7, 11) is 0. The summed E-state index contributed by atoms with van der Waals surface area (Å²) >= 11 is 0. The van der Waals surface area contributed by atoms with E-state index in [2.05, 4.69) is 0 Å². The van der Waals surface area contributed by atoms with Crippen LogP contribution in [-0.4, -0.2) is 44.1 Å². The molecule has 0 saturated carbocycles. The monoisotopic (exact) mass is 280 g/mol. The second kappa shape index (κ2) is 17.1. The molecule has 0 aromatic heterocycles. The molecule has 0 spiro atoms. The van der Waals surface area contributed by atoms with Crippen molar-refractivity contribution in [3.8, 4) is 0 Å². The quantitative estimate of drug-likeness (QED) is 0.382. The van der Waals surface area contributed by atoms with Crippen LogP contribution in [0.3, 0.4) is 0 Å². The third kappa shape index (κ3) is 31.6. The molecule has 0 aliphatic carbocycles. The zero-order chi connectivity index (χ0) is 15.8. The molecule has 0 rings (SSSR count). The molecule has 0 bridgehead atoms. The average Bonchev–Trinajstić information content (AvgIpc) is 2.29. The van der Waals surface area contributed by atoms with Crippen LogP contribution in [0, 0.1) is 0 Å². The number of hydrogen-bond donors (Lipinski definition) is 5. The molecule has 0 aromatic rings. The fraction of sp³-hybridized carbons (Fsp3) is 0.769. The molecule has 0 fully saturated rings. The lowest BCUT2D eigenvalue weighted by atomic mass is 10.3. The molecule has 0 amide bonds. The Kier molecular flexibility index (Phi) is 20.8. The van der Waals surface area contributed by atoms with Gasteiger partial charge in [0.25, 0.3) is 0 Å². The lowest BCUT2D eigenvalue weighted by molar-refractivity contribution is -0.132. The Morgan fingerprint density at radius 1 is 1.00 bits per heavy atom. The SMILES string of the molecule is CC=C(C)C(=O)O.CCCC(O)O.CCCC(O)O. The van der Waals surface area contributed by atoms with Gasteiger partial charge in [-0.2, -0.15) is 0 Å². The highest BCUT2D eigenvalue weighted by atomic mass is 16.5. The third-order valence-electron chi connectivity index (χ3n) is 1.86. The molecule has 5 N–H and O–H groups in total. The molecule has 0 heterocycles. The third-order valence-corrected chi connectivity index (χ3v) is 1.86. The van der Waals surface area contributed by atoms with Gasteiger partial charge in [0, 0.05) is 5.57 Å². The number of aliphatic carboxylic acids is 1. The Labute approximate surface area is 115 Å². The number of aliphatic hydroxyl groups excluding tert-OH is 2. The summed E-state index contributed by atoms with van der Waals surface area (Å²) < 4.78 is 0. The molecule has 116 valence electrons. The molecule has 0 unspecified atom stereocenters. The van der Waals surface area contributed by atoms with Crippen molar-refractivity contribution in [2.45, 2.75) is 66.0 Å². The Balaban J connectivity index is -0.000000203. The van der Waals surface area contributed by atoms with E-state index in [4.69, 9.17) is 25.5 Å². The highest BCUT2D eigenvalue weighted by Gasteiger charge is 1.93. The maximum atomic E-state index is 9.86. The van der Waals surface area contributed by atoms with Gasteiger partial charge in [0.2, 0.25) is 0 Å². The number of carboxylic acids is 1. The van der Waals surface area contributed by atoms with Gasteiger partial charge in [0.15, 0.2) is 12.6 Å². The summed E-state index contributed by atoms with van der Waals surface area (Å²) in [5, 5.41) is 40.5. The molecule has 0 saturated heterocycles. The van der Waals surface area contributed by atoms with Gasteiger partial charge in [-0.25, -0.2) is 4.79 Å². The standard InChI is InChI=1S/C5H8O2.2C4H10O2/c1-3-4(2)5(6)7;2*1-2-3-4(5)6/h3H,1-2H3,(H,6,7);2*4-6H,2-3H2,1H3. The summed E-state index contributed by atoms with van der Waals surface area (Å²) in [4.78, 5) is 9.86. The minimum Gasteiger partial charge on any atom is -0.478 e. The molecule has 0 atom stereocenters. The molecule has 0 aromatic carbocycles. The van der Waals surface area contributed by atoms with Crippen molar-refractivity contribution in [2.75, 3.05) is 0 Å². The number of rotatable bonds is 5. The van der Waals surface area contributed by atoms with Gasteiger partial charge in [-0.15, -0.1) is 0 Å². The number of hydrogen-bond acceptors (Lipinski definition) is 5. The van der Waals surface area contributed by atoms with Crippen LogP contribution in [-0.2, 0) is 4.79 Å². The number of carboxylic acid groups (broad SMARTS) is 1. The fourth-order valence-corrected chi connectivity index (χ4v) is 0.640. The second-order valence-corrected chi connectivity index (χ2v) is 3.82. The first-order valence-corrected chi connectivity index (χ1v) is 6.31. The smallest absolute Gasteiger partial charge is 0.330 e. The van der Waals surface area contributed by atoms with Crippen LogP contribution in [0.5, 0.6) is 0 Å². The van der Waals surface area contributed by atoms with E-state index in [0.29, 0.717) is 18.4 Å². The van der Waals surface area contributed by atoms with E-state index >= 15 is 0 Å². The largest absolute Gasteiger partial charge is 0.478 e. The molecule has 6 heteroatoms. The van der Waals surface area contributed by atoms with Crippen LogP contribution in [0.1, 0.15) is 53.4 Å².